The minimum Gasteiger partial charge on any atom is -0.491 e. The van der Waals surface area contributed by atoms with Crippen molar-refractivity contribution in [1.29, 1.82) is 0 Å². The van der Waals surface area contributed by atoms with Gasteiger partial charge in [-0.3, -0.25) is 9.58 Å². The lowest BCUT2D eigenvalue weighted by atomic mass is 10.2. The Kier molecular flexibility index (Phi) is 5.57. The lowest BCUT2D eigenvalue weighted by Gasteiger charge is -2.33. The molecule has 1 fully saturated rings. The summed E-state index contributed by atoms with van der Waals surface area (Å²) in [5, 5.41) is 14.3. The fraction of sp³-hybridized carbons (Fsp3) is 0.500. The van der Waals surface area contributed by atoms with Gasteiger partial charge in [0, 0.05) is 19.6 Å². The number of ether oxygens (including phenoxy) is 2. The zero-order chi connectivity index (χ0) is 15.9. The minimum atomic E-state index is -0.527. The van der Waals surface area contributed by atoms with Gasteiger partial charge in [-0.2, -0.15) is 5.10 Å². The van der Waals surface area contributed by atoms with E-state index in [1.165, 1.54) is 6.33 Å². The van der Waals surface area contributed by atoms with E-state index in [1.54, 1.807) is 11.0 Å². The number of nitrogens with zero attached hydrogens (tertiary/aromatic N) is 4. The second-order valence-corrected chi connectivity index (χ2v) is 5.65. The van der Waals surface area contributed by atoms with E-state index in [4.69, 9.17) is 9.47 Å². The molecule has 1 aliphatic heterocycles. The maximum atomic E-state index is 10.2. The van der Waals surface area contributed by atoms with Gasteiger partial charge in [-0.1, -0.05) is 18.2 Å². The Balaban J connectivity index is 1.41. The fourth-order valence-electron chi connectivity index (χ4n) is 2.65. The number of β-amino-alcohol motifs (C(OH)–C–C–N with tert-alkyl or cyclic N) is 1. The number of aliphatic hydroxyl groups is 1. The van der Waals surface area contributed by atoms with E-state index in [1.807, 2.05) is 30.3 Å². The van der Waals surface area contributed by atoms with Crippen molar-refractivity contribution in [2.24, 2.45) is 0 Å². The predicted molar refractivity (Wildman–Crippen MR) is 84.1 cm³/mol. The molecular formula is C16H22N4O3. The van der Waals surface area contributed by atoms with Gasteiger partial charge in [0.1, 0.15) is 31.1 Å². The van der Waals surface area contributed by atoms with Crippen LogP contribution in [0.1, 0.15) is 0 Å². The molecule has 3 rings (SSSR count). The van der Waals surface area contributed by atoms with Crippen molar-refractivity contribution >= 4 is 0 Å². The fourth-order valence-corrected chi connectivity index (χ4v) is 2.65. The van der Waals surface area contributed by atoms with Gasteiger partial charge < -0.3 is 14.6 Å². The third-order valence-corrected chi connectivity index (χ3v) is 3.73. The van der Waals surface area contributed by atoms with Gasteiger partial charge in [0.25, 0.3) is 0 Å². The number of benzene rings is 1. The van der Waals surface area contributed by atoms with E-state index >= 15 is 0 Å². The monoisotopic (exact) mass is 318 g/mol. The Morgan fingerprint density at radius 2 is 2.22 bits per heavy atom. The molecule has 124 valence electrons. The van der Waals surface area contributed by atoms with E-state index < -0.39 is 6.10 Å². The summed E-state index contributed by atoms with van der Waals surface area (Å²) in [6.45, 7) is 3.77. The minimum absolute atomic E-state index is 0.0627. The number of morpholine rings is 1. The van der Waals surface area contributed by atoms with Crippen LogP contribution in [0.3, 0.4) is 0 Å². The topological polar surface area (TPSA) is 72.6 Å². The molecule has 1 N–H and O–H groups in total. The van der Waals surface area contributed by atoms with Crippen LogP contribution in [0.25, 0.3) is 0 Å². The molecule has 0 radical (unpaired) electrons. The first kappa shape index (κ1) is 15.9. The van der Waals surface area contributed by atoms with Crippen LogP contribution in [0.4, 0.5) is 0 Å². The highest BCUT2D eigenvalue weighted by Crippen LogP contribution is 2.10. The lowest BCUT2D eigenvalue weighted by Crippen LogP contribution is -2.47. The molecule has 23 heavy (non-hydrogen) atoms. The summed E-state index contributed by atoms with van der Waals surface area (Å²) in [7, 11) is 0. The Labute approximate surface area is 135 Å². The SMILES string of the molecule is O[C@@H](COc1ccccc1)CN1CCO[C@H](Cn2cncn2)C1. The Hall–Kier alpha value is -1.96. The highest BCUT2D eigenvalue weighted by Gasteiger charge is 2.23. The normalized spacial score (nSPS) is 20.3. The van der Waals surface area contributed by atoms with Crippen molar-refractivity contribution in [2.45, 2.75) is 18.8 Å². The molecular weight excluding hydrogens is 296 g/mol. The van der Waals surface area contributed by atoms with E-state index in [2.05, 4.69) is 15.0 Å². The molecule has 0 bridgehead atoms. The van der Waals surface area contributed by atoms with Crippen molar-refractivity contribution in [2.75, 3.05) is 32.8 Å². The molecule has 7 nitrogen and oxygen atoms in total. The Bertz CT molecular complexity index is 564. The third kappa shape index (κ3) is 5.02. The van der Waals surface area contributed by atoms with E-state index in [9.17, 15) is 5.11 Å². The maximum absolute atomic E-state index is 10.2. The van der Waals surface area contributed by atoms with Gasteiger partial charge in [0.15, 0.2) is 0 Å². The largest absolute Gasteiger partial charge is 0.491 e. The Morgan fingerprint density at radius 1 is 1.35 bits per heavy atom. The summed E-state index contributed by atoms with van der Waals surface area (Å²) in [6, 6.07) is 9.54. The van der Waals surface area contributed by atoms with Crippen LogP contribution >= 0.6 is 0 Å². The van der Waals surface area contributed by atoms with E-state index in [-0.39, 0.29) is 12.7 Å². The van der Waals surface area contributed by atoms with Crippen LogP contribution in [-0.2, 0) is 11.3 Å². The average Bonchev–Trinajstić information content (AvgIpc) is 3.07. The van der Waals surface area contributed by atoms with Crippen molar-refractivity contribution < 1.29 is 14.6 Å². The van der Waals surface area contributed by atoms with E-state index in [0.717, 1.165) is 18.8 Å². The van der Waals surface area contributed by atoms with Crippen LogP contribution in [0.2, 0.25) is 0 Å². The third-order valence-electron chi connectivity index (χ3n) is 3.73. The van der Waals surface area contributed by atoms with E-state index in [0.29, 0.717) is 19.7 Å². The highest BCUT2D eigenvalue weighted by molar-refractivity contribution is 5.20. The first-order valence-corrected chi connectivity index (χ1v) is 7.82. The number of hydrogen-bond donors (Lipinski definition) is 1. The lowest BCUT2D eigenvalue weighted by molar-refractivity contribution is -0.0517. The van der Waals surface area contributed by atoms with Gasteiger partial charge in [0.2, 0.25) is 0 Å². The maximum Gasteiger partial charge on any atom is 0.137 e. The van der Waals surface area contributed by atoms with Gasteiger partial charge in [-0.25, -0.2) is 4.98 Å². The summed E-state index contributed by atoms with van der Waals surface area (Å²) in [4.78, 5) is 6.13. The summed E-state index contributed by atoms with van der Waals surface area (Å²) >= 11 is 0. The molecule has 2 atom stereocenters. The first-order valence-electron chi connectivity index (χ1n) is 7.82. The molecule has 7 heteroatoms. The molecule has 0 saturated carbocycles. The van der Waals surface area contributed by atoms with Crippen LogP contribution in [-0.4, -0.2) is 69.8 Å². The zero-order valence-electron chi connectivity index (χ0n) is 13.0. The molecule has 0 aliphatic carbocycles. The van der Waals surface area contributed by atoms with Crippen molar-refractivity contribution in [3.05, 3.63) is 43.0 Å². The zero-order valence-corrected chi connectivity index (χ0v) is 13.0. The number of rotatable bonds is 7. The van der Waals surface area contributed by atoms with Gasteiger partial charge in [-0.05, 0) is 12.1 Å². The molecule has 1 aliphatic rings. The molecule has 2 aromatic rings. The van der Waals surface area contributed by atoms with Gasteiger partial charge in [0.05, 0.1) is 19.3 Å². The molecule has 1 aromatic carbocycles. The molecule has 0 amide bonds. The quantitative estimate of drug-likeness (QED) is 0.798. The molecule has 1 saturated heterocycles. The van der Waals surface area contributed by atoms with Crippen LogP contribution in [0.5, 0.6) is 5.75 Å². The number of aromatic nitrogens is 3. The summed E-state index contributed by atoms with van der Waals surface area (Å²) in [5.74, 6) is 0.776. The summed E-state index contributed by atoms with van der Waals surface area (Å²) in [6.07, 6.45) is 2.74. The van der Waals surface area contributed by atoms with Crippen molar-refractivity contribution in [3.8, 4) is 5.75 Å². The van der Waals surface area contributed by atoms with Crippen LogP contribution < -0.4 is 4.74 Å². The smallest absolute Gasteiger partial charge is 0.137 e. The molecule has 0 unspecified atom stereocenters. The number of aliphatic hydroxyl groups excluding tert-OH is 1. The van der Waals surface area contributed by atoms with Gasteiger partial charge >= 0.3 is 0 Å². The first-order chi connectivity index (χ1) is 11.3. The molecule has 2 heterocycles. The van der Waals surface area contributed by atoms with Gasteiger partial charge in [-0.15, -0.1) is 0 Å². The molecule has 1 aromatic heterocycles. The predicted octanol–water partition coefficient (Wildman–Crippen LogP) is 0.419. The number of hydrogen-bond acceptors (Lipinski definition) is 6. The molecule has 0 spiro atoms. The van der Waals surface area contributed by atoms with Crippen LogP contribution in [0.15, 0.2) is 43.0 Å². The highest BCUT2D eigenvalue weighted by atomic mass is 16.5. The summed E-state index contributed by atoms with van der Waals surface area (Å²) < 4.78 is 13.1. The summed E-state index contributed by atoms with van der Waals surface area (Å²) in [5.41, 5.74) is 0. The number of para-hydroxylation sites is 1. The average molecular weight is 318 g/mol. The van der Waals surface area contributed by atoms with Crippen molar-refractivity contribution in [3.63, 3.8) is 0 Å². The van der Waals surface area contributed by atoms with Crippen molar-refractivity contribution in [1.82, 2.24) is 19.7 Å². The second kappa shape index (κ2) is 8.05. The Morgan fingerprint density at radius 3 is 3.00 bits per heavy atom. The second-order valence-electron chi connectivity index (χ2n) is 5.65. The standard InChI is InChI=1S/C16H22N4O3/c21-14(11-23-15-4-2-1-3-5-15)8-19-6-7-22-16(9-19)10-20-13-17-12-18-20/h1-5,12-14,16,21H,6-11H2/t14-,16+/m1/s1. The van der Waals surface area contributed by atoms with Crippen LogP contribution in [0, 0.1) is 0 Å².